The van der Waals surface area contributed by atoms with E-state index in [1.807, 2.05) is 25.1 Å². The largest absolute Gasteiger partial charge is 0.459 e. The van der Waals surface area contributed by atoms with Gasteiger partial charge in [-0.1, -0.05) is 6.07 Å². The summed E-state index contributed by atoms with van der Waals surface area (Å²) in [6.45, 7) is 2.49. The first-order valence-electron chi connectivity index (χ1n) is 5.95. The van der Waals surface area contributed by atoms with Crippen LogP contribution in [-0.2, 0) is 6.54 Å². The summed E-state index contributed by atoms with van der Waals surface area (Å²) in [5.41, 5.74) is 1.77. The van der Waals surface area contributed by atoms with Gasteiger partial charge in [0, 0.05) is 12.1 Å². The van der Waals surface area contributed by atoms with E-state index in [2.05, 4.69) is 5.32 Å². The maximum atomic E-state index is 11.9. The molecular formula is C14H13NO4. The van der Waals surface area contributed by atoms with Gasteiger partial charge in [0.1, 0.15) is 0 Å². The van der Waals surface area contributed by atoms with E-state index in [0.717, 1.165) is 16.9 Å². The number of amides is 1. The topological polar surface area (TPSA) is 60.7 Å². The number of carbonyl (C=O) groups is 1. The zero-order chi connectivity index (χ0) is 13.2. The highest BCUT2D eigenvalue weighted by Gasteiger charge is 2.15. The van der Waals surface area contributed by atoms with Crippen LogP contribution in [0.4, 0.5) is 0 Å². The van der Waals surface area contributed by atoms with Crippen LogP contribution < -0.4 is 14.8 Å². The van der Waals surface area contributed by atoms with Crippen molar-refractivity contribution in [2.75, 3.05) is 6.79 Å². The zero-order valence-corrected chi connectivity index (χ0v) is 10.4. The van der Waals surface area contributed by atoms with Crippen LogP contribution in [0.15, 0.2) is 34.9 Å². The molecule has 0 unspecified atom stereocenters. The van der Waals surface area contributed by atoms with Crippen LogP contribution in [0.1, 0.15) is 21.7 Å². The Morgan fingerprint density at radius 2 is 2.11 bits per heavy atom. The van der Waals surface area contributed by atoms with Crippen LogP contribution >= 0.6 is 0 Å². The van der Waals surface area contributed by atoms with Crippen LogP contribution in [0.3, 0.4) is 0 Å². The first-order valence-corrected chi connectivity index (χ1v) is 5.95. The van der Waals surface area contributed by atoms with Crippen molar-refractivity contribution in [3.05, 3.63) is 47.4 Å². The van der Waals surface area contributed by atoms with E-state index in [1.165, 1.54) is 6.26 Å². The molecule has 1 N–H and O–H groups in total. The Morgan fingerprint density at radius 3 is 2.89 bits per heavy atom. The molecule has 5 heteroatoms. The summed E-state index contributed by atoms with van der Waals surface area (Å²) in [4.78, 5) is 11.9. The Morgan fingerprint density at radius 1 is 1.26 bits per heavy atom. The van der Waals surface area contributed by atoms with E-state index in [1.54, 1.807) is 6.07 Å². The number of benzene rings is 1. The van der Waals surface area contributed by atoms with Gasteiger partial charge in [-0.05, 0) is 30.7 Å². The van der Waals surface area contributed by atoms with Crippen LogP contribution in [0.5, 0.6) is 11.5 Å². The van der Waals surface area contributed by atoms with Gasteiger partial charge >= 0.3 is 0 Å². The van der Waals surface area contributed by atoms with Crippen LogP contribution in [0.25, 0.3) is 0 Å². The predicted molar refractivity (Wildman–Crippen MR) is 67.2 cm³/mol. The lowest BCUT2D eigenvalue weighted by atomic mass is 10.2. The van der Waals surface area contributed by atoms with Crippen LogP contribution in [-0.4, -0.2) is 12.7 Å². The van der Waals surface area contributed by atoms with Crippen LogP contribution in [0, 0.1) is 6.92 Å². The van der Waals surface area contributed by atoms with Crippen molar-refractivity contribution in [3.8, 4) is 11.5 Å². The summed E-state index contributed by atoms with van der Waals surface area (Å²) in [6.07, 6.45) is 1.50. The van der Waals surface area contributed by atoms with E-state index in [4.69, 9.17) is 13.9 Å². The molecule has 0 aliphatic carbocycles. The van der Waals surface area contributed by atoms with Crippen molar-refractivity contribution in [3.63, 3.8) is 0 Å². The summed E-state index contributed by atoms with van der Waals surface area (Å²) in [7, 11) is 0. The Labute approximate surface area is 110 Å². The van der Waals surface area contributed by atoms with Crippen molar-refractivity contribution in [1.29, 1.82) is 0 Å². The van der Waals surface area contributed by atoms with Gasteiger partial charge in [0.05, 0.1) is 6.26 Å². The summed E-state index contributed by atoms with van der Waals surface area (Å²) in [5, 5.41) is 2.80. The molecule has 1 amide bonds. The fourth-order valence-electron chi connectivity index (χ4n) is 1.92. The Balaban J connectivity index is 1.66. The van der Waals surface area contributed by atoms with Crippen LogP contribution in [0.2, 0.25) is 0 Å². The molecule has 1 aliphatic heterocycles. The molecule has 98 valence electrons. The van der Waals surface area contributed by atoms with Crippen molar-refractivity contribution >= 4 is 5.91 Å². The SMILES string of the molecule is Cc1ccoc1C(=O)NCc1ccc2c(c1)OCO2. The molecule has 5 nitrogen and oxygen atoms in total. The minimum Gasteiger partial charge on any atom is -0.459 e. The van der Waals surface area contributed by atoms with E-state index in [9.17, 15) is 4.79 Å². The standard InChI is InChI=1S/C14H13NO4/c1-9-4-5-17-13(9)14(16)15-7-10-2-3-11-12(6-10)19-8-18-11/h2-6H,7-8H2,1H3,(H,15,16). The minimum atomic E-state index is -0.222. The number of rotatable bonds is 3. The van der Waals surface area contributed by atoms with Gasteiger partial charge < -0.3 is 19.2 Å². The first-order chi connectivity index (χ1) is 9.24. The van der Waals surface area contributed by atoms with E-state index in [0.29, 0.717) is 18.1 Å². The maximum absolute atomic E-state index is 11.9. The fourth-order valence-corrected chi connectivity index (χ4v) is 1.92. The summed E-state index contributed by atoms with van der Waals surface area (Å²) in [6, 6.07) is 7.35. The second-order valence-corrected chi connectivity index (χ2v) is 4.30. The van der Waals surface area contributed by atoms with Gasteiger partial charge in [-0.25, -0.2) is 0 Å². The van der Waals surface area contributed by atoms with Crippen molar-refractivity contribution in [1.82, 2.24) is 5.32 Å². The highest BCUT2D eigenvalue weighted by atomic mass is 16.7. The van der Waals surface area contributed by atoms with E-state index in [-0.39, 0.29) is 12.7 Å². The Bertz CT molecular complexity index is 618. The van der Waals surface area contributed by atoms with Gasteiger partial charge in [0.2, 0.25) is 6.79 Å². The number of hydrogen-bond donors (Lipinski definition) is 1. The highest BCUT2D eigenvalue weighted by Crippen LogP contribution is 2.32. The lowest BCUT2D eigenvalue weighted by Crippen LogP contribution is -2.22. The molecule has 1 aliphatic rings. The van der Waals surface area contributed by atoms with Gasteiger partial charge in [0.25, 0.3) is 5.91 Å². The maximum Gasteiger partial charge on any atom is 0.287 e. The predicted octanol–water partition coefficient (Wildman–Crippen LogP) is 2.25. The smallest absolute Gasteiger partial charge is 0.287 e. The lowest BCUT2D eigenvalue weighted by Gasteiger charge is -2.05. The number of ether oxygens (including phenoxy) is 2. The third-order valence-electron chi connectivity index (χ3n) is 2.96. The molecular weight excluding hydrogens is 246 g/mol. The first kappa shape index (κ1) is 11.6. The third-order valence-corrected chi connectivity index (χ3v) is 2.96. The molecule has 0 saturated carbocycles. The molecule has 0 fully saturated rings. The normalized spacial score (nSPS) is 12.5. The fraction of sp³-hybridized carbons (Fsp3) is 0.214. The summed E-state index contributed by atoms with van der Waals surface area (Å²) < 4.78 is 15.6. The second kappa shape index (κ2) is 4.68. The average Bonchev–Trinajstić information content (AvgIpc) is 3.03. The second-order valence-electron chi connectivity index (χ2n) is 4.30. The molecule has 19 heavy (non-hydrogen) atoms. The van der Waals surface area contributed by atoms with Gasteiger partial charge in [-0.2, -0.15) is 0 Å². The molecule has 3 rings (SSSR count). The number of aryl methyl sites for hydroxylation is 1. The van der Waals surface area contributed by atoms with Crippen molar-refractivity contribution < 1.29 is 18.7 Å². The highest BCUT2D eigenvalue weighted by molar-refractivity contribution is 5.92. The molecule has 0 spiro atoms. The monoisotopic (exact) mass is 259 g/mol. The molecule has 0 bridgehead atoms. The number of hydrogen-bond acceptors (Lipinski definition) is 4. The molecule has 0 radical (unpaired) electrons. The molecule has 0 atom stereocenters. The average molecular weight is 259 g/mol. The molecule has 1 aromatic carbocycles. The number of furan rings is 1. The Kier molecular flexibility index (Phi) is 2.87. The van der Waals surface area contributed by atoms with Crippen molar-refractivity contribution in [2.24, 2.45) is 0 Å². The lowest BCUT2D eigenvalue weighted by molar-refractivity contribution is 0.0922. The van der Waals surface area contributed by atoms with Gasteiger partial charge in [0.15, 0.2) is 17.3 Å². The van der Waals surface area contributed by atoms with Crippen molar-refractivity contribution in [2.45, 2.75) is 13.5 Å². The molecule has 0 saturated heterocycles. The third kappa shape index (κ3) is 2.27. The number of nitrogens with one attached hydrogen (secondary N) is 1. The number of fused-ring (bicyclic) bond motifs is 1. The minimum absolute atomic E-state index is 0.222. The zero-order valence-electron chi connectivity index (χ0n) is 10.4. The van der Waals surface area contributed by atoms with Gasteiger partial charge in [-0.3, -0.25) is 4.79 Å². The molecule has 1 aromatic heterocycles. The summed E-state index contributed by atoms with van der Waals surface area (Å²) in [5.74, 6) is 1.57. The number of carbonyl (C=O) groups excluding carboxylic acids is 1. The Hall–Kier alpha value is -2.43. The van der Waals surface area contributed by atoms with E-state index < -0.39 is 0 Å². The van der Waals surface area contributed by atoms with Gasteiger partial charge in [-0.15, -0.1) is 0 Å². The van der Waals surface area contributed by atoms with E-state index >= 15 is 0 Å². The molecule has 2 aromatic rings. The molecule has 2 heterocycles. The quantitative estimate of drug-likeness (QED) is 0.918. The summed E-state index contributed by atoms with van der Waals surface area (Å²) >= 11 is 0.